The first kappa shape index (κ1) is 16.7. The lowest BCUT2D eigenvalue weighted by molar-refractivity contribution is 0.0950. The second kappa shape index (κ2) is 8.06. The van der Waals surface area contributed by atoms with Crippen LogP contribution in [0.3, 0.4) is 0 Å². The average molecular weight is 338 g/mol. The highest BCUT2D eigenvalue weighted by Gasteiger charge is 2.12. The van der Waals surface area contributed by atoms with Gasteiger partial charge in [-0.05, 0) is 48.7 Å². The summed E-state index contributed by atoms with van der Waals surface area (Å²) in [5, 5.41) is 4.11. The van der Waals surface area contributed by atoms with Crippen LogP contribution in [0.1, 0.15) is 22.3 Å². The molecule has 0 aliphatic heterocycles. The van der Waals surface area contributed by atoms with Crippen molar-refractivity contribution < 1.29 is 9.53 Å². The molecule has 2 rings (SSSR count). The first-order chi connectivity index (χ1) is 10.6. The topological polar surface area (TPSA) is 38.3 Å². The van der Waals surface area contributed by atoms with Crippen LogP contribution in [0, 0.1) is 0 Å². The second-order valence-corrected chi connectivity index (χ2v) is 5.70. The number of hydrogen-bond acceptors (Lipinski definition) is 2. The number of hydrogen-bond donors (Lipinski definition) is 1. The largest absolute Gasteiger partial charge is 0.496 e. The number of aryl methyl sites for hydroxylation is 1. The number of carbonyl (C=O) groups is 1. The van der Waals surface area contributed by atoms with E-state index in [1.54, 1.807) is 18.2 Å². The molecule has 0 bridgehead atoms. The summed E-state index contributed by atoms with van der Waals surface area (Å²) >= 11 is 11.8. The molecular weight excluding hydrogens is 321 g/mol. The number of ether oxygens (including phenoxy) is 1. The molecule has 0 atom stereocenters. The number of carbonyl (C=O) groups excluding carboxylic acids is 1. The molecule has 2 aromatic carbocycles. The molecule has 2 aromatic rings. The van der Waals surface area contributed by atoms with E-state index in [9.17, 15) is 4.79 Å². The maximum Gasteiger partial charge on any atom is 0.255 e. The van der Waals surface area contributed by atoms with Crippen LogP contribution in [0.2, 0.25) is 10.0 Å². The van der Waals surface area contributed by atoms with Crippen molar-refractivity contribution in [2.75, 3.05) is 13.7 Å². The van der Waals surface area contributed by atoms with E-state index in [0.29, 0.717) is 22.9 Å². The van der Waals surface area contributed by atoms with Crippen molar-refractivity contribution in [2.24, 2.45) is 0 Å². The van der Waals surface area contributed by atoms with Gasteiger partial charge in [0.2, 0.25) is 0 Å². The Morgan fingerprint density at radius 1 is 1.09 bits per heavy atom. The van der Waals surface area contributed by atoms with Crippen LogP contribution in [-0.4, -0.2) is 19.6 Å². The van der Waals surface area contributed by atoms with Gasteiger partial charge in [0.15, 0.2) is 0 Å². The number of amides is 1. The number of methoxy groups -OCH3 is 1. The maximum absolute atomic E-state index is 12.2. The van der Waals surface area contributed by atoms with Crippen molar-refractivity contribution in [3.8, 4) is 5.75 Å². The fourth-order valence-corrected chi connectivity index (χ4v) is 2.40. The van der Waals surface area contributed by atoms with Gasteiger partial charge in [0, 0.05) is 16.6 Å². The molecule has 0 fully saturated rings. The van der Waals surface area contributed by atoms with Crippen LogP contribution >= 0.6 is 23.2 Å². The summed E-state index contributed by atoms with van der Waals surface area (Å²) in [6.45, 7) is 0.580. The van der Waals surface area contributed by atoms with Crippen LogP contribution in [0.5, 0.6) is 5.75 Å². The van der Waals surface area contributed by atoms with Crippen LogP contribution in [0.15, 0.2) is 42.5 Å². The van der Waals surface area contributed by atoms with Crippen LogP contribution in [-0.2, 0) is 6.42 Å². The van der Waals surface area contributed by atoms with E-state index in [1.807, 2.05) is 24.3 Å². The highest BCUT2D eigenvalue weighted by Crippen LogP contribution is 2.22. The highest BCUT2D eigenvalue weighted by molar-refractivity contribution is 6.31. The van der Waals surface area contributed by atoms with Crippen LogP contribution < -0.4 is 10.1 Å². The van der Waals surface area contributed by atoms with Gasteiger partial charge in [-0.3, -0.25) is 4.79 Å². The molecule has 0 spiro atoms. The second-order valence-electron chi connectivity index (χ2n) is 4.83. The molecule has 22 heavy (non-hydrogen) atoms. The zero-order valence-corrected chi connectivity index (χ0v) is 13.7. The lowest BCUT2D eigenvalue weighted by atomic mass is 10.1. The SMILES string of the molecule is COc1ccc(Cl)cc1C(=O)NCCCc1ccc(Cl)cc1. The minimum atomic E-state index is -0.185. The Bertz CT molecular complexity index is 642. The molecule has 1 amide bonds. The quantitative estimate of drug-likeness (QED) is 0.795. The first-order valence-corrected chi connectivity index (χ1v) is 7.72. The lowest BCUT2D eigenvalue weighted by Gasteiger charge is -2.09. The van der Waals surface area contributed by atoms with Gasteiger partial charge in [0.05, 0.1) is 12.7 Å². The molecule has 0 unspecified atom stereocenters. The van der Waals surface area contributed by atoms with E-state index in [2.05, 4.69) is 5.32 Å². The summed E-state index contributed by atoms with van der Waals surface area (Å²) in [4.78, 5) is 12.2. The third-order valence-corrected chi connectivity index (χ3v) is 3.73. The Morgan fingerprint density at radius 3 is 2.45 bits per heavy atom. The van der Waals surface area contributed by atoms with Gasteiger partial charge in [-0.2, -0.15) is 0 Å². The standard InChI is InChI=1S/C17H17Cl2NO2/c1-22-16-9-8-14(19)11-15(16)17(21)20-10-2-3-12-4-6-13(18)7-5-12/h4-9,11H,2-3,10H2,1H3,(H,20,21). The van der Waals surface area contributed by atoms with E-state index in [0.717, 1.165) is 17.9 Å². The normalized spacial score (nSPS) is 10.3. The molecule has 0 saturated carbocycles. The smallest absolute Gasteiger partial charge is 0.255 e. The molecule has 0 aliphatic carbocycles. The zero-order valence-electron chi connectivity index (χ0n) is 12.2. The number of halogens is 2. The van der Waals surface area contributed by atoms with E-state index in [-0.39, 0.29) is 5.91 Å². The summed E-state index contributed by atoms with van der Waals surface area (Å²) in [5.41, 5.74) is 1.64. The number of benzene rings is 2. The monoisotopic (exact) mass is 337 g/mol. The Kier molecular flexibility index (Phi) is 6.10. The molecule has 0 radical (unpaired) electrons. The Hall–Kier alpha value is -1.71. The summed E-state index contributed by atoms with van der Waals surface area (Å²) < 4.78 is 5.18. The molecular formula is C17H17Cl2NO2. The minimum absolute atomic E-state index is 0.185. The van der Waals surface area contributed by atoms with Crippen molar-refractivity contribution >= 4 is 29.1 Å². The summed E-state index contributed by atoms with van der Waals surface area (Å²) in [5.74, 6) is 0.329. The van der Waals surface area contributed by atoms with Gasteiger partial charge >= 0.3 is 0 Å². The third kappa shape index (κ3) is 4.65. The molecule has 0 heterocycles. The van der Waals surface area contributed by atoms with Crippen molar-refractivity contribution in [3.05, 3.63) is 63.6 Å². The zero-order chi connectivity index (χ0) is 15.9. The molecule has 0 aliphatic rings. The molecule has 116 valence electrons. The van der Waals surface area contributed by atoms with Gasteiger partial charge in [-0.25, -0.2) is 0 Å². The molecule has 0 aromatic heterocycles. The Balaban J connectivity index is 1.85. The Labute approximate surface area is 140 Å². The number of rotatable bonds is 6. The van der Waals surface area contributed by atoms with Crippen molar-refractivity contribution in [3.63, 3.8) is 0 Å². The fourth-order valence-electron chi connectivity index (χ4n) is 2.10. The Morgan fingerprint density at radius 2 is 1.77 bits per heavy atom. The lowest BCUT2D eigenvalue weighted by Crippen LogP contribution is -2.25. The molecule has 0 saturated heterocycles. The van der Waals surface area contributed by atoms with Crippen molar-refractivity contribution in [1.82, 2.24) is 5.32 Å². The predicted molar refractivity (Wildman–Crippen MR) is 90.1 cm³/mol. The fraction of sp³-hybridized carbons (Fsp3) is 0.235. The van der Waals surface area contributed by atoms with Gasteiger partial charge in [0.25, 0.3) is 5.91 Å². The summed E-state index contributed by atoms with van der Waals surface area (Å²) in [6, 6.07) is 12.7. The van der Waals surface area contributed by atoms with E-state index in [1.165, 1.54) is 12.7 Å². The van der Waals surface area contributed by atoms with E-state index >= 15 is 0 Å². The third-order valence-electron chi connectivity index (χ3n) is 3.25. The van der Waals surface area contributed by atoms with Gasteiger partial charge < -0.3 is 10.1 Å². The van der Waals surface area contributed by atoms with Gasteiger partial charge in [0.1, 0.15) is 5.75 Å². The minimum Gasteiger partial charge on any atom is -0.496 e. The van der Waals surface area contributed by atoms with Crippen molar-refractivity contribution in [1.29, 1.82) is 0 Å². The summed E-state index contributed by atoms with van der Waals surface area (Å²) in [7, 11) is 1.53. The van der Waals surface area contributed by atoms with E-state index in [4.69, 9.17) is 27.9 Å². The van der Waals surface area contributed by atoms with Gasteiger partial charge in [-0.1, -0.05) is 35.3 Å². The number of nitrogens with one attached hydrogen (secondary N) is 1. The summed E-state index contributed by atoms with van der Waals surface area (Å²) in [6.07, 6.45) is 1.72. The van der Waals surface area contributed by atoms with Crippen LogP contribution in [0.4, 0.5) is 0 Å². The van der Waals surface area contributed by atoms with Crippen molar-refractivity contribution in [2.45, 2.75) is 12.8 Å². The highest BCUT2D eigenvalue weighted by atomic mass is 35.5. The predicted octanol–water partition coefficient (Wildman–Crippen LogP) is 4.36. The average Bonchev–Trinajstić information content (AvgIpc) is 2.53. The molecule has 1 N–H and O–H groups in total. The maximum atomic E-state index is 12.2. The first-order valence-electron chi connectivity index (χ1n) is 6.96. The molecule has 5 heteroatoms. The van der Waals surface area contributed by atoms with Crippen LogP contribution in [0.25, 0.3) is 0 Å². The van der Waals surface area contributed by atoms with Gasteiger partial charge in [-0.15, -0.1) is 0 Å². The van der Waals surface area contributed by atoms with E-state index < -0.39 is 0 Å². The molecule has 3 nitrogen and oxygen atoms in total.